The molecule has 0 N–H and O–H groups in total. The Kier molecular flexibility index (Phi) is 4.19. The topological polar surface area (TPSA) is 33.2 Å². The first-order valence-electron chi connectivity index (χ1n) is 6.41. The van der Waals surface area contributed by atoms with Crippen LogP contribution in [0, 0.1) is 6.92 Å². The third-order valence-corrected chi connectivity index (χ3v) is 5.77. The Morgan fingerprint density at radius 1 is 1.24 bits per heavy atom. The number of hydrogen-bond donors (Lipinski definition) is 0. The molecular formula is C15H14N2OS3. The summed E-state index contributed by atoms with van der Waals surface area (Å²) in [6.45, 7) is 2.70. The van der Waals surface area contributed by atoms with Gasteiger partial charge in [-0.3, -0.25) is 4.79 Å². The molecule has 108 valence electrons. The lowest BCUT2D eigenvalue weighted by molar-refractivity contribution is 0.0781. The molecule has 6 heteroatoms. The van der Waals surface area contributed by atoms with E-state index in [1.54, 1.807) is 27.6 Å². The van der Waals surface area contributed by atoms with E-state index >= 15 is 0 Å². The number of thiazole rings is 1. The molecule has 3 aromatic heterocycles. The Morgan fingerprint density at radius 2 is 2.10 bits per heavy atom. The van der Waals surface area contributed by atoms with Gasteiger partial charge in [-0.15, -0.1) is 22.7 Å². The molecule has 0 saturated heterocycles. The summed E-state index contributed by atoms with van der Waals surface area (Å²) < 4.78 is 0. The fraction of sp³-hybridized carbons (Fsp3) is 0.200. The molecule has 3 aromatic rings. The SMILES string of the molecule is Cc1ccsc1CN(C)C(=O)c1csc(-c2ccsc2)n1. The van der Waals surface area contributed by atoms with E-state index in [0.717, 1.165) is 10.6 Å². The number of aryl methyl sites for hydroxylation is 1. The second-order valence-electron chi connectivity index (χ2n) is 4.74. The van der Waals surface area contributed by atoms with Crippen molar-refractivity contribution >= 4 is 39.9 Å². The highest BCUT2D eigenvalue weighted by Crippen LogP contribution is 2.26. The quantitative estimate of drug-likeness (QED) is 0.703. The van der Waals surface area contributed by atoms with Crippen molar-refractivity contribution in [2.75, 3.05) is 7.05 Å². The van der Waals surface area contributed by atoms with Crippen molar-refractivity contribution in [1.82, 2.24) is 9.88 Å². The number of amides is 1. The number of carbonyl (C=O) groups is 1. The van der Waals surface area contributed by atoms with Gasteiger partial charge in [0, 0.05) is 28.2 Å². The van der Waals surface area contributed by atoms with Crippen LogP contribution in [0.4, 0.5) is 0 Å². The maximum atomic E-state index is 12.4. The van der Waals surface area contributed by atoms with Crippen LogP contribution in [0.1, 0.15) is 20.9 Å². The summed E-state index contributed by atoms with van der Waals surface area (Å²) in [6, 6.07) is 4.10. The lowest BCUT2D eigenvalue weighted by Crippen LogP contribution is -2.26. The monoisotopic (exact) mass is 334 g/mol. The van der Waals surface area contributed by atoms with Crippen LogP contribution in [0.3, 0.4) is 0 Å². The van der Waals surface area contributed by atoms with Gasteiger partial charge in [0.25, 0.3) is 5.91 Å². The fourth-order valence-corrected chi connectivity index (χ4v) is 4.40. The van der Waals surface area contributed by atoms with Gasteiger partial charge in [-0.25, -0.2) is 4.98 Å². The van der Waals surface area contributed by atoms with Gasteiger partial charge in [-0.1, -0.05) is 0 Å². The minimum absolute atomic E-state index is 0.0273. The number of rotatable bonds is 4. The lowest BCUT2D eigenvalue weighted by atomic mass is 10.3. The van der Waals surface area contributed by atoms with Crippen molar-refractivity contribution in [3.8, 4) is 10.6 Å². The Balaban J connectivity index is 1.74. The largest absolute Gasteiger partial charge is 0.335 e. The van der Waals surface area contributed by atoms with Crippen molar-refractivity contribution < 1.29 is 4.79 Å². The molecule has 3 heterocycles. The zero-order valence-electron chi connectivity index (χ0n) is 11.7. The van der Waals surface area contributed by atoms with Crippen molar-refractivity contribution in [2.45, 2.75) is 13.5 Å². The summed E-state index contributed by atoms with van der Waals surface area (Å²) in [5, 5.41) is 8.86. The smallest absolute Gasteiger partial charge is 0.273 e. The van der Waals surface area contributed by atoms with Gasteiger partial charge in [0.05, 0.1) is 6.54 Å². The van der Waals surface area contributed by atoms with Crippen LogP contribution in [0.25, 0.3) is 10.6 Å². The molecule has 0 spiro atoms. The summed E-state index contributed by atoms with van der Waals surface area (Å²) >= 11 is 4.83. The Morgan fingerprint density at radius 3 is 2.76 bits per heavy atom. The summed E-state index contributed by atoms with van der Waals surface area (Å²) in [7, 11) is 1.82. The molecule has 0 bridgehead atoms. The van der Waals surface area contributed by atoms with E-state index in [-0.39, 0.29) is 5.91 Å². The predicted molar refractivity (Wildman–Crippen MR) is 90.3 cm³/mol. The third-order valence-electron chi connectivity index (χ3n) is 3.19. The number of nitrogens with zero attached hydrogens (tertiary/aromatic N) is 2. The molecular weight excluding hydrogens is 320 g/mol. The number of carbonyl (C=O) groups excluding carboxylic acids is 1. The van der Waals surface area contributed by atoms with Gasteiger partial charge in [-0.2, -0.15) is 11.3 Å². The Labute approximate surface area is 135 Å². The number of hydrogen-bond acceptors (Lipinski definition) is 5. The van der Waals surface area contributed by atoms with Crippen LogP contribution >= 0.6 is 34.0 Å². The lowest BCUT2D eigenvalue weighted by Gasteiger charge is -2.15. The highest BCUT2D eigenvalue weighted by atomic mass is 32.1. The predicted octanol–water partition coefficient (Wildman–Crippen LogP) is 4.51. The molecule has 1 amide bonds. The zero-order valence-corrected chi connectivity index (χ0v) is 14.1. The van der Waals surface area contributed by atoms with Crippen LogP contribution < -0.4 is 0 Å². The molecule has 0 fully saturated rings. The Hall–Kier alpha value is -1.50. The van der Waals surface area contributed by atoms with Gasteiger partial charge < -0.3 is 4.90 Å². The highest BCUT2D eigenvalue weighted by Gasteiger charge is 2.17. The minimum atomic E-state index is -0.0273. The van der Waals surface area contributed by atoms with Crippen molar-refractivity contribution in [2.24, 2.45) is 0 Å². The van der Waals surface area contributed by atoms with E-state index in [2.05, 4.69) is 23.4 Å². The average Bonchev–Trinajstić information content (AvgIpc) is 3.18. The summed E-state index contributed by atoms with van der Waals surface area (Å²) in [5.41, 5.74) is 2.84. The number of thiophene rings is 2. The fourth-order valence-electron chi connectivity index (χ4n) is 1.94. The normalized spacial score (nSPS) is 10.8. The maximum absolute atomic E-state index is 12.4. The molecule has 0 aromatic carbocycles. The summed E-state index contributed by atoms with van der Waals surface area (Å²) in [6.07, 6.45) is 0. The van der Waals surface area contributed by atoms with Crippen LogP contribution in [-0.2, 0) is 6.54 Å². The standard InChI is InChI=1S/C15H14N2OS3/c1-10-3-6-20-13(10)7-17(2)15(18)12-9-21-14(16-12)11-4-5-19-8-11/h3-6,8-9H,7H2,1-2H3. The van der Waals surface area contributed by atoms with Crippen molar-refractivity contribution in [3.63, 3.8) is 0 Å². The van der Waals surface area contributed by atoms with E-state index in [0.29, 0.717) is 12.2 Å². The molecule has 0 aliphatic carbocycles. The van der Waals surface area contributed by atoms with E-state index in [9.17, 15) is 4.79 Å². The third kappa shape index (κ3) is 3.07. The highest BCUT2D eigenvalue weighted by molar-refractivity contribution is 7.14. The summed E-state index contributed by atoms with van der Waals surface area (Å²) in [4.78, 5) is 19.9. The Bertz CT molecular complexity index is 743. The van der Waals surface area contributed by atoms with Gasteiger partial charge >= 0.3 is 0 Å². The second-order valence-corrected chi connectivity index (χ2v) is 7.38. The van der Waals surface area contributed by atoms with Crippen molar-refractivity contribution in [3.05, 3.63) is 49.8 Å². The van der Waals surface area contributed by atoms with Crippen molar-refractivity contribution in [1.29, 1.82) is 0 Å². The van der Waals surface area contributed by atoms with Gasteiger partial charge in [0.2, 0.25) is 0 Å². The average molecular weight is 334 g/mol. The molecule has 3 rings (SSSR count). The molecule has 0 atom stereocenters. The van der Waals surface area contributed by atoms with Crippen LogP contribution in [0.15, 0.2) is 33.7 Å². The minimum Gasteiger partial charge on any atom is -0.335 e. The summed E-state index contributed by atoms with van der Waals surface area (Å²) in [5.74, 6) is -0.0273. The molecule has 0 radical (unpaired) electrons. The zero-order chi connectivity index (χ0) is 14.8. The maximum Gasteiger partial charge on any atom is 0.273 e. The van der Waals surface area contributed by atoms with Crippen LogP contribution in [0.5, 0.6) is 0 Å². The van der Waals surface area contributed by atoms with E-state index in [1.807, 2.05) is 29.3 Å². The van der Waals surface area contributed by atoms with Gasteiger partial charge in [-0.05, 0) is 35.4 Å². The van der Waals surface area contributed by atoms with E-state index in [4.69, 9.17) is 0 Å². The van der Waals surface area contributed by atoms with Gasteiger partial charge in [0.15, 0.2) is 0 Å². The van der Waals surface area contributed by atoms with E-state index < -0.39 is 0 Å². The molecule has 3 nitrogen and oxygen atoms in total. The molecule has 21 heavy (non-hydrogen) atoms. The first-order chi connectivity index (χ1) is 10.1. The van der Waals surface area contributed by atoms with E-state index in [1.165, 1.54) is 21.8 Å². The molecule has 0 saturated carbocycles. The van der Waals surface area contributed by atoms with Crippen LogP contribution in [-0.4, -0.2) is 22.8 Å². The number of aromatic nitrogens is 1. The first-order valence-corrected chi connectivity index (χ1v) is 9.12. The molecule has 0 unspecified atom stereocenters. The second kappa shape index (κ2) is 6.09. The molecule has 0 aliphatic rings. The molecule has 0 aliphatic heterocycles. The first kappa shape index (κ1) is 14.4. The van der Waals surface area contributed by atoms with Crippen LogP contribution in [0.2, 0.25) is 0 Å². The van der Waals surface area contributed by atoms with Gasteiger partial charge in [0.1, 0.15) is 10.7 Å².